The first kappa shape index (κ1) is 20.1. The van der Waals surface area contributed by atoms with Gasteiger partial charge in [0.15, 0.2) is 29.6 Å². The van der Waals surface area contributed by atoms with Crippen LogP contribution in [-0.4, -0.2) is 46.5 Å². The molecule has 0 N–H and O–H groups in total. The lowest BCUT2D eigenvalue weighted by Gasteiger charge is -2.13. The standard InChI is InChI=1S/C21H20O8/c1-24-18-9-14(10-19(25-2)21(18)26-3)15(22)11-27-20(23)7-5-13-4-6-16-17(8-13)29-12-28-16/h4-10H,11-12H2,1-3H3. The number of benzene rings is 2. The number of esters is 1. The van der Waals surface area contributed by atoms with Crippen LogP contribution < -0.4 is 23.7 Å². The van der Waals surface area contributed by atoms with Gasteiger partial charge in [-0.05, 0) is 35.9 Å². The second-order valence-electron chi connectivity index (χ2n) is 5.89. The first-order valence-electron chi connectivity index (χ1n) is 8.63. The maximum absolute atomic E-state index is 12.4. The van der Waals surface area contributed by atoms with E-state index in [0.717, 1.165) is 5.56 Å². The van der Waals surface area contributed by atoms with Crippen LogP contribution in [0, 0.1) is 0 Å². The fraction of sp³-hybridized carbons (Fsp3) is 0.238. The number of ether oxygens (including phenoxy) is 6. The molecule has 8 nitrogen and oxygen atoms in total. The summed E-state index contributed by atoms with van der Waals surface area (Å²) in [6, 6.07) is 8.27. The lowest BCUT2D eigenvalue weighted by Crippen LogP contribution is -2.13. The van der Waals surface area contributed by atoms with Crippen LogP contribution >= 0.6 is 0 Å². The molecule has 2 aromatic carbocycles. The molecule has 0 atom stereocenters. The topological polar surface area (TPSA) is 89.5 Å². The number of hydrogen-bond donors (Lipinski definition) is 0. The van der Waals surface area contributed by atoms with Crippen molar-refractivity contribution in [1.29, 1.82) is 0 Å². The normalized spacial score (nSPS) is 12.0. The lowest BCUT2D eigenvalue weighted by molar-refractivity contribution is -0.136. The monoisotopic (exact) mass is 400 g/mol. The van der Waals surface area contributed by atoms with E-state index in [4.69, 9.17) is 28.4 Å². The molecule has 0 spiro atoms. The fourth-order valence-electron chi connectivity index (χ4n) is 2.69. The molecule has 0 aromatic heterocycles. The second kappa shape index (κ2) is 9.01. The molecular formula is C21H20O8. The van der Waals surface area contributed by atoms with Gasteiger partial charge in [-0.15, -0.1) is 0 Å². The third-order valence-corrected chi connectivity index (χ3v) is 4.14. The molecule has 0 saturated heterocycles. The van der Waals surface area contributed by atoms with Crippen molar-refractivity contribution in [3.05, 3.63) is 47.5 Å². The van der Waals surface area contributed by atoms with E-state index in [1.807, 2.05) is 0 Å². The van der Waals surface area contributed by atoms with E-state index in [9.17, 15) is 9.59 Å². The zero-order valence-corrected chi connectivity index (χ0v) is 16.2. The molecule has 0 bridgehead atoms. The van der Waals surface area contributed by atoms with Gasteiger partial charge in [0.25, 0.3) is 0 Å². The number of ketones is 1. The van der Waals surface area contributed by atoms with Gasteiger partial charge in [-0.25, -0.2) is 4.79 Å². The molecule has 29 heavy (non-hydrogen) atoms. The number of fused-ring (bicyclic) bond motifs is 1. The summed E-state index contributed by atoms with van der Waals surface area (Å²) in [5.41, 5.74) is 1.01. The molecule has 0 fully saturated rings. The van der Waals surface area contributed by atoms with Crippen LogP contribution in [0.15, 0.2) is 36.4 Å². The summed E-state index contributed by atoms with van der Waals surface area (Å²) in [6.45, 7) is -0.253. The fourth-order valence-corrected chi connectivity index (χ4v) is 2.69. The zero-order chi connectivity index (χ0) is 20.8. The van der Waals surface area contributed by atoms with E-state index < -0.39 is 18.4 Å². The number of carbonyl (C=O) groups excluding carboxylic acids is 2. The summed E-state index contributed by atoms with van der Waals surface area (Å²) >= 11 is 0. The van der Waals surface area contributed by atoms with Crippen molar-refractivity contribution >= 4 is 17.8 Å². The molecule has 0 unspecified atom stereocenters. The Morgan fingerprint density at radius 2 is 1.66 bits per heavy atom. The molecule has 8 heteroatoms. The Labute approximate surface area is 167 Å². The largest absolute Gasteiger partial charge is 0.493 e. The Hall–Kier alpha value is -3.68. The highest BCUT2D eigenvalue weighted by Crippen LogP contribution is 2.38. The van der Waals surface area contributed by atoms with Crippen LogP contribution in [-0.2, 0) is 9.53 Å². The van der Waals surface area contributed by atoms with Crippen LogP contribution in [0.4, 0.5) is 0 Å². The molecule has 1 aliphatic heterocycles. The Bertz CT molecular complexity index is 923. The van der Waals surface area contributed by atoms with Crippen LogP contribution in [0.1, 0.15) is 15.9 Å². The van der Waals surface area contributed by atoms with E-state index in [0.29, 0.717) is 28.7 Å². The average molecular weight is 400 g/mol. The first-order chi connectivity index (χ1) is 14.0. The minimum Gasteiger partial charge on any atom is -0.493 e. The molecule has 0 amide bonds. The minimum atomic E-state index is -0.650. The molecular weight excluding hydrogens is 380 g/mol. The lowest BCUT2D eigenvalue weighted by atomic mass is 10.1. The highest BCUT2D eigenvalue weighted by atomic mass is 16.7. The van der Waals surface area contributed by atoms with E-state index in [2.05, 4.69) is 0 Å². The van der Waals surface area contributed by atoms with Gasteiger partial charge in [0.2, 0.25) is 18.3 Å². The molecule has 1 heterocycles. The van der Waals surface area contributed by atoms with E-state index >= 15 is 0 Å². The van der Waals surface area contributed by atoms with Crippen molar-refractivity contribution in [3.8, 4) is 28.7 Å². The Morgan fingerprint density at radius 3 is 2.31 bits per heavy atom. The molecule has 0 saturated carbocycles. The molecule has 1 aliphatic rings. The molecule has 152 valence electrons. The summed E-state index contributed by atoms with van der Waals surface area (Å²) in [6.07, 6.45) is 2.80. The van der Waals surface area contributed by atoms with E-state index in [1.165, 1.54) is 39.5 Å². The highest BCUT2D eigenvalue weighted by molar-refractivity contribution is 6.00. The zero-order valence-electron chi connectivity index (χ0n) is 16.2. The van der Waals surface area contributed by atoms with Crippen molar-refractivity contribution in [2.75, 3.05) is 34.7 Å². The first-order valence-corrected chi connectivity index (χ1v) is 8.63. The summed E-state index contributed by atoms with van der Waals surface area (Å²) < 4.78 is 31.2. The summed E-state index contributed by atoms with van der Waals surface area (Å²) in [5, 5.41) is 0. The SMILES string of the molecule is COc1cc(C(=O)COC(=O)C=Cc2ccc3c(c2)OCO3)cc(OC)c1OC. The van der Waals surface area contributed by atoms with Crippen molar-refractivity contribution in [2.24, 2.45) is 0 Å². The van der Waals surface area contributed by atoms with Gasteiger partial charge in [0.05, 0.1) is 21.3 Å². The van der Waals surface area contributed by atoms with E-state index in [-0.39, 0.29) is 12.4 Å². The Morgan fingerprint density at radius 1 is 0.966 bits per heavy atom. The quantitative estimate of drug-likeness (QED) is 0.380. The number of carbonyl (C=O) groups is 2. The second-order valence-corrected chi connectivity index (χ2v) is 5.89. The Kier molecular flexibility index (Phi) is 6.23. The maximum atomic E-state index is 12.4. The van der Waals surface area contributed by atoms with Crippen molar-refractivity contribution < 1.29 is 38.0 Å². The molecule has 2 aromatic rings. The van der Waals surface area contributed by atoms with Gasteiger partial charge in [-0.2, -0.15) is 0 Å². The Balaban J connectivity index is 1.62. The highest BCUT2D eigenvalue weighted by Gasteiger charge is 2.18. The van der Waals surface area contributed by atoms with Crippen LogP contribution in [0.2, 0.25) is 0 Å². The third-order valence-electron chi connectivity index (χ3n) is 4.14. The summed E-state index contributed by atoms with van der Waals surface area (Å²) in [5.74, 6) is 1.25. The van der Waals surface area contributed by atoms with E-state index in [1.54, 1.807) is 24.3 Å². The maximum Gasteiger partial charge on any atom is 0.331 e. The van der Waals surface area contributed by atoms with Gasteiger partial charge in [-0.3, -0.25) is 4.79 Å². The smallest absolute Gasteiger partial charge is 0.331 e. The number of hydrogen-bond acceptors (Lipinski definition) is 8. The van der Waals surface area contributed by atoms with Gasteiger partial charge in [0, 0.05) is 11.6 Å². The van der Waals surface area contributed by atoms with Crippen LogP contribution in [0.3, 0.4) is 0 Å². The van der Waals surface area contributed by atoms with Crippen molar-refractivity contribution in [2.45, 2.75) is 0 Å². The number of rotatable bonds is 8. The molecule has 3 rings (SSSR count). The van der Waals surface area contributed by atoms with Gasteiger partial charge in [-0.1, -0.05) is 6.07 Å². The van der Waals surface area contributed by atoms with Crippen molar-refractivity contribution in [1.82, 2.24) is 0 Å². The number of methoxy groups -OCH3 is 3. The predicted molar refractivity (Wildman–Crippen MR) is 103 cm³/mol. The van der Waals surface area contributed by atoms with Crippen molar-refractivity contribution in [3.63, 3.8) is 0 Å². The van der Waals surface area contributed by atoms with Gasteiger partial charge < -0.3 is 28.4 Å². The molecule has 0 radical (unpaired) electrons. The van der Waals surface area contributed by atoms with Crippen LogP contribution in [0.25, 0.3) is 6.08 Å². The van der Waals surface area contributed by atoms with Gasteiger partial charge in [0.1, 0.15) is 0 Å². The summed E-state index contributed by atoms with van der Waals surface area (Å²) in [4.78, 5) is 24.3. The minimum absolute atomic E-state index is 0.174. The van der Waals surface area contributed by atoms with Crippen LogP contribution in [0.5, 0.6) is 28.7 Å². The van der Waals surface area contributed by atoms with Gasteiger partial charge >= 0.3 is 5.97 Å². The third kappa shape index (κ3) is 4.60. The predicted octanol–water partition coefficient (Wildman–Crippen LogP) is 2.88. The average Bonchev–Trinajstić information content (AvgIpc) is 3.22. The number of Topliss-reactive ketones (excluding diaryl/α,β-unsaturated/α-hetero) is 1. The summed E-state index contributed by atoms with van der Waals surface area (Å²) in [7, 11) is 4.37. The molecule has 0 aliphatic carbocycles.